The minimum atomic E-state index is 0.0523. The Morgan fingerprint density at radius 2 is 1.90 bits per heavy atom. The number of hydrogen-bond acceptors (Lipinski definition) is 3. The maximum atomic E-state index is 10.3. The summed E-state index contributed by atoms with van der Waals surface area (Å²) in [6.45, 7) is 5.40. The van der Waals surface area contributed by atoms with Crippen LogP contribution in [-0.2, 0) is 14.3 Å². The molecule has 0 radical (unpaired) electrons. The number of Topliss-reactive ketones (excluding diaryl/α,β-unsaturated/α-hetero) is 1. The van der Waals surface area contributed by atoms with Crippen molar-refractivity contribution in [3.8, 4) is 0 Å². The first-order valence-electron chi connectivity index (χ1n) is 3.42. The molecule has 3 nitrogen and oxygen atoms in total. The van der Waals surface area contributed by atoms with Gasteiger partial charge < -0.3 is 9.47 Å². The molecule has 0 heterocycles. The van der Waals surface area contributed by atoms with E-state index in [0.717, 1.165) is 0 Å². The SMILES string of the molecule is CCOCCOCC(C)=O. The van der Waals surface area contributed by atoms with Gasteiger partial charge >= 0.3 is 0 Å². The number of ketones is 1. The monoisotopic (exact) mass is 146 g/mol. The zero-order valence-electron chi connectivity index (χ0n) is 6.55. The zero-order chi connectivity index (χ0) is 7.82. The van der Waals surface area contributed by atoms with Crippen molar-refractivity contribution in [1.82, 2.24) is 0 Å². The molecular weight excluding hydrogens is 132 g/mol. The molecule has 0 aromatic rings. The molecule has 0 saturated carbocycles. The summed E-state index contributed by atoms with van der Waals surface area (Å²) in [4.78, 5) is 10.3. The molecule has 0 aliphatic rings. The van der Waals surface area contributed by atoms with Gasteiger partial charge in [-0.3, -0.25) is 4.79 Å². The number of hydrogen-bond donors (Lipinski definition) is 0. The summed E-state index contributed by atoms with van der Waals surface area (Å²) in [7, 11) is 0. The fraction of sp³-hybridized carbons (Fsp3) is 0.857. The Hall–Kier alpha value is -0.410. The quantitative estimate of drug-likeness (QED) is 0.515. The molecule has 0 fully saturated rings. The molecule has 0 unspecified atom stereocenters. The molecule has 0 rings (SSSR count). The molecule has 10 heavy (non-hydrogen) atoms. The maximum Gasteiger partial charge on any atom is 0.155 e. The number of carbonyl (C=O) groups is 1. The third-order valence-corrected chi connectivity index (χ3v) is 0.881. The lowest BCUT2D eigenvalue weighted by molar-refractivity contribution is -0.121. The molecule has 0 aromatic carbocycles. The Bertz CT molecular complexity index is 90.9. The Balaban J connectivity index is 2.84. The van der Waals surface area contributed by atoms with Crippen LogP contribution in [-0.4, -0.2) is 32.2 Å². The third-order valence-electron chi connectivity index (χ3n) is 0.881. The van der Waals surface area contributed by atoms with E-state index in [4.69, 9.17) is 9.47 Å². The van der Waals surface area contributed by atoms with Crippen molar-refractivity contribution in [2.24, 2.45) is 0 Å². The van der Waals surface area contributed by atoms with Crippen LogP contribution in [0, 0.1) is 0 Å². The molecular formula is C7H14O3. The second-order valence-electron chi connectivity index (χ2n) is 1.95. The minimum Gasteiger partial charge on any atom is -0.379 e. The van der Waals surface area contributed by atoms with Gasteiger partial charge in [0, 0.05) is 6.61 Å². The normalized spacial score (nSPS) is 9.80. The predicted octanol–water partition coefficient (Wildman–Crippen LogP) is 0.629. The van der Waals surface area contributed by atoms with Gasteiger partial charge in [-0.05, 0) is 13.8 Å². The van der Waals surface area contributed by atoms with Crippen LogP contribution in [0.3, 0.4) is 0 Å². The van der Waals surface area contributed by atoms with Crippen molar-refractivity contribution in [3.05, 3.63) is 0 Å². The molecule has 0 atom stereocenters. The van der Waals surface area contributed by atoms with Crippen molar-refractivity contribution in [1.29, 1.82) is 0 Å². The van der Waals surface area contributed by atoms with E-state index in [1.807, 2.05) is 6.92 Å². The maximum absolute atomic E-state index is 10.3. The second kappa shape index (κ2) is 6.71. The number of rotatable bonds is 6. The minimum absolute atomic E-state index is 0.0523. The van der Waals surface area contributed by atoms with Crippen LogP contribution in [0.25, 0.3) is 0 Å². The van der Waals surface area contributed by atoms with E-state index in [2.05, 4.69) is 0 Å². The zero-order valence-corrected chi connectivity index (χ0v) is 6.55. The molecule has 0 spiro atoms. The highest BCUT2D eigenvalue weighted by Gasteiger charge is 1.91. The van der Waals surface area contributed by atoms with Gasteiger partial charge in [0.15, 0.2) is 5.78 Å². The summed E-state index contributed by atoms with van der Waals surface area (Å²) < 4.78 is 9.90. The Kier molecular flexibility index (Phi) is 6.43. The first-order valence-corrected chi connectivity index (χ1v) is 3.42. The van der Waals surface area contributed by atoms with Crippen LogP contribution in [0.2, 0.25) is 0 Å². The lowest BCUT2D eigenvalue weighted by Gasteiger charge is -2.00. The van der Waals surface area contributed by atoms with E-state index in [1.165, 1.54) is 6.92 Å². The third kappa shape index (κ3) is 7.59. The van der Waals surface area contributed by atoms with Crippen LogP contribution >= 0.6 is 0 Å². The summed E-state index contributed by atoms with van der Waals surface area (Å²) in [6, 6.07) is 0. The van der Waals surface area contributed by atoms with E-state index in [9.17, 15) is 4.79 Å². The molecule has 0 N–H and O–H groups in total. The Morgan fingerprint density at radius 1 is 1.30 bits per heavy atom. The average Bonchev–Trinajstić information content (AvgIpc) is 1.87. The fourth-order valence-corrected chi connectivity index (χ4v) is 0.478. The van der Waals surface area contributed by atoms with Crippen LogP contribution in [0.1, 0.15) is 13.8 Å². The van der Waals surface area contributed by atoms with Gasteiger partial charge in [-0.2, -0.15) is 0 Å². The van der Waals surface area contributed by atoms with Gasteiger partial charge in [0.25, 0.3) is 0 Å². The highest BCUT2D eigenvalue weighted by atomic mass is 16.5. The first-order chi connectivity index (χ1) is 4.77. The average molecular weight is 146 g/mol. The van der Waals surface area contributed by atoms with Crippen molar-refractivity contribution < 1.29 is 14.3 Å². The topological polar surface area (TPSA) is 35.5 Å². The first kappa shape index (κ1) is 9.59. The van der Waals surface area contributed by atoms with E-state index in [0.29, 0.717) is 19.8 Å². The van der Waals surface area contributed by atoms with Crippen LogP contribution < -0.4 is 0 Å². The summed E-state index contributed by atoms with van der Waals surface area (Å²) >= 11 is 0. The van der Waals surface area contributed by atoms with Crippen LogP contribution in [0.4, 0.5) is 0 Å². The van der Waals surface area contributed by atoms with Crippen molar-refractivity contribution in [2.45, 2.75) is 13.8 Å². The number of carbonyl (C=O) groups excluding carboxylic acids is 1. The van der Waals surface area contributed by atoms with Gasteiger partial charge in [0.1, 0.15) is 6.61 Å². The van der Waals surface area contributed by atoms with Gasteiger partial charge in [-0.25, -0.2) is 0 Å². The van der Waals surface area contributed by atoms with Crippen LogP contribution in [0.5, 0.6) is 0 Å². The lowest BCUT2D eigenvalue weighted by atomic mass is 10.5. The highest BCUT2D eigenvalue weighted by Crippen LogP contribution is 1.78. The summed E-state index contributed by atoms with van der Waals surface area (Å²) in [5.41, 5.74) is 0. The van der Waals surface area contributed by atoms with Crippen molar-refractivity contribution >= 4 is 5.78 Å². The van der Waals surface area contributed by atoms with Crippen molar-refractivity contribution in [2.75, 3.05) is 26.4 Å². The summed E-state index contributed by atoms with van der Waals surface area (Å²) in [5.74, 6) is 0.0523. The molecule has 0 aliphatic carbocycles. The Labute approximate surface area is 61.3 Å². The lowest BCUT2D eigenvalue weighted by Crippen LogP contribution is -2.09. The molecule has 0 amide bonds. The smallest absolute Gasteiger partial charge is 0.155 e. The van der Waals surface area contributed by atoms with Gasteiger partial charge in [0.05, 0.1) is 13.2 Å². The molecule has 0 aliphatic heterocycles. The largest absolute Gasteiger partial charge is 0.379 e. The molecule has 0 bridgehead atoms. The second-order valence-corrected chi connectivity index (χ2v) is 1.95. The van der Waals surface area contributed by atoms with E-state index >= 15 is 0 Å². The summed E-state index contributed by atoms with van der Waals surface area (Å²) in [6.07, 6.45) is 0. The van der Waals surface area contributed by atoms with Gasteiger partial charge in [-0.1, -0.05) is 0 Å². The van der Waals surface area contributed by atoms with E-state index in [-0.39, 0.29) is 12.4 Å². The van der Waals surface area contributed by atoms with E-state index < -0.39 is 0 Å². The highest BCUT2D eigenvalue weighted by molar-refractivity contribution is 5.76. The van der Waals surface area contributed by atoms with Crippen LogP contribution in [0.15, 0.2) is 0 Å². The standard InChI is InChI=1S/C7H14O3/c1-3-9-4-5-10-6-7(2)8/h3-6H2,1-2H3. The number of ether oxygens (including phenoxy) is 2. The van der Waals surface area contributed by atoms with E-state index in [1.54, 1.807) is 0 Å². The molecule has 3 heteroatoms. The Morgan fingerprint density at radius 3 is 2.40 bits per heavy atom. The summed E-state index contributed by atoms with van der Waals surface area (Å²) in [5, 5.41) is 0. The van der Waals surface area contributed by atoms with Crippen molar-refractivity contribution in [3.63, 3.8) is 0 Å². The molecule has 0 saturated heterocycles. The van der Waals surface area contributed by atoms with Gasteiger partial charge in [-0.15, -0.1) is 0 Å². The predicted molar refractivity (Wildman–Crippen MR) is 38.0 cm³/mol. The molecule has 0 aromatic heterocycles. The van der Waals surface area contributed by atoms with Gasteiger partial charge in [0.2, 0.25) is 0 Å². The molecule has 60 valence electrons. The fourth-order valence-electron chi connectivity index (χ4n) is 0.478.